The molecule has 0 heteroatoms. The molecule has 0 aliphatic heterocycles. The lowest BCUT2D eigenvalue weighted by molar-refractivity contribution is 1.11. The molecule has 0 fully saturated rings. The summed E-state index contributed by atoms with van der Waals surface area (Å²) in [6.07, 6.45) is 0.903. The first-order chi connectivity index (χ1) is 5.57. The summed E-state index contributed by atoms with van der Waals surface area (Å²) < 4.78 is 0. The molecule has 0 nitrogen and oxygen atoms in total. The number of hydrogen-bond acceptors (Lipinski definition) is 0. The van der Waals surface area contributed by atoms with Gasteiger partial charge in [-0.2, -0.15) is 0 Å². The second-order valence-electron chi connectivity index (χ2n) is 3.49. The molecule has 0 aliphatic carbocycles. The molecule has 0 heterocycles. The normalized spacial score (nSPS) is 10.4. The predicted molar refractivity (Wildman–Crippen MR) is 54.5 cm³/mol. The molecule has 0 saturated carbocycles. The van der Waals surface area contributed by atoms with E-state index >= 15 is 0 Å². The van der Waals surface area contributed by atoms with Gasteiger partial charge < -0.3 is 0 Å². The quantitative estimate of drug-likeness (QED) is 0.593. The van der Waals surface area contributed by atoms with Crippen LogP contribution in [0.25, 0.3) is 0 Å². The Kier molecular flexibility index (Phi) is 2.56. The van der Waals surface area contributed by atoms with Gasteiger partial charge in [0.1, 0.15) is 0 Å². The van der Waals surface area contributed by atoms with E-state index in [2.05, 4.69) is 40.7 Å². The molecular weight excluding hydrogens is 144 g/mol. The topological polar surface area (TPSA) is 0 Å². The summed E-state index contributed by atoms with van der Waals surface area (Å²) in [7, 11) is 0. The molecule has 0 N–H and O–H groups in total. The summed E-state index contributed by atoms with van der Waals surface area (Å²) in [5, 5.41) is 0. The summed E-state index contributed by atoms with van der Waals surface area (Å²) >= 11 is 0. The minimum Gasteiger partial charge on any atom is -0.0558 e. The van der Waals surface area contributed by atoms with E-state index in [0.29, 0.717) is 0 Å². The maximum Gasteiger partial charge on any atom is -0.0273 e. The van der Waals surface area contributed by atoms with Crippen LogP contribution in [-0.2, 0) is 6.42 Å². The molecule has 1 aromatic carbocycles. The lowest BCUT2D eigenvalue weighted by atomic mass is 9.93. The van der Waals surface area contributed by atoms with Gasteiger partial charge in [0.25, 0.3) is 0 Å². The number of aryl methyl sites for hydroxylation is 2. The van der Waals surface area contributed by atoms with Gasteiger partial charge in [-0.15, -0.1) is 0 Å². The van der Waals surface area contributed by atoms with Gasteiger partial charge in [-0.05, 0) is 68.9 Å². The summed E-state index contributed by atoms with van der Waals surface area (Å²) in [6.45, 7) is 12.7. The highest BCUT2D eigenvalue weighted by Crippen LogP contribution is 2.21. The molecule has 1 aromatic rings. The Labute approximate surface area is 75.6 Å². The van der Waals surface area contributed by atoms with Crippen molar-refractivity contribution in [2.24, 2.45) is 0 Å². The van der Waals surface area contributed by atoms with Gasteiger partial charge in [-0.25, -0.2) is 0 Å². The van der Waals surface area contributed by atoms with E-state index < -0.39 is 0 Å². The van der Waals surface area contributed by atoms with Gasteiger partial charge >= 0.3 is 0 Å². The first-order valence-corrected chi connectivity index (χ1v) is 4.43. The molecule has 0 unspecified atom stereocenters. The van der Waals surface area contributed by atoms with E-state index in [9.17, 15) is 0 Å². The lowest BCUT2D eigenvalue weighted by Gasteiger charge is -2.13. The molecule has 0 atom stereocenters. The third kappa shape index (κ3) is 1.38. The van der Waals surface area contributed by atoms with Crippen molar-refractivity contribution < 1.29 is 0 Å². The average Bonchev–Trinajstić information content (AvgIpc) is 2.02. The SMILES string of the molecule is [CH2]Cc1c(C)c(C)cc(C)c1C. The molecule has 0 saturated heterocycles. The highest BCUT2D eigenvalue weighted by Gasteiger charge is 2.05. The molecule has 1 rings (SSSR count). The van der Waals surface area contributed by atoms with E-state index in [-0.39, 0.29) is 0 Å². The second-order valence-corrected chi connectivity index (χ2v) is 3.49. The molecule has 0 spiro atoms. The van der Waals surface area contributed by atoms with Gasteiger partial charge in [-0.1, -0.05) is 6.07 Å². The molecule has 65 valence electrons. The van der Waals surface area contributed by atoms with Crippen molar-refractivity contribution in [3.05, 3.63) is 40.8 Å². The molecule has 0 aromatic heterocycles. The average molecular weight is 161 g/mol. The molecular formula is C12H17. The minimum absolute atomic E-state index is 0.903. The monoisotopic (exact) mass is 161 g/mol. The zero-order valence-electron chi connectivity index (χ0n) is 8.49. The maximum absolute atomic E-state index is 3.96. The Hall–Kier alpha value is -0.780. The smallest absolute Gasteiger partial charge is 0.0273 e. The highest BCUT2D eigenvalue weighted by molar-refractivity contribution is 5.44. The van der Waals surface area contributed by atoms with Gasteiger partial charge in [-0.3, -0.25) is 0 Å². The van der Waals surface area contributed by atoms with Gasteiger partial charge in [0.05, 0.1) is 0 Å². The fourth-order valence-corrected chi connectivity index (χ4v) is 1.67. The summed E-state index contributed by atoms with van der Waals surface area (Å²) in [4.78, 5) is 0. The summed E-state index contributed by atoms with van der Waals surface area (Å²) in [5.74, 6) is 0. The van der Waals surface area contributed by atoms with Crippen LogP contribution in [-0.4, -0.2) is 0 Å². The second kappa shape index (κ2) is 3.30. The molecule has 0 bridgehead atoms. The van der Waals surface area contributed by atoms with Crippen LogP contribution in [0.1, 0.15) is 27.8 Å². The van der Waals surface area contributed by atoms with E-state index in [1.165, 1.54) is 27.8 Å². The Bertz CT molecular complexity index is 269. The summed E-state index contributed by atoms with van der Waals surface area (Å²) in [6, 6.07) is 2.25. The number of rotatable bonds is 1. The van der Waals surface area contributed by atoms with Crippen LogP contribution in [0.2, 0.25) is 0 Å². The third-order valence-corrected chi connectivity index (χ3v) is 2.77. The van der Waals surface area contributed by atoms with Crippen LogP contribution in [0, 0.1) is 34.6 Å². The Morgan fingerprint density at radius 2 is 1.42 bits per heavy atom. The maximum atomic E-state index is 3.96. The van der Waals surface area contributed by atoms with E-state index in [1.54, 1.807) is 0 Å². The van der Waals surface area contributed by atoms with Crippen LogP contribution in [0.3, 0.4) is 0 Å². The van der Waals surface area contributed by atoms with Crippen molar-refractivity contribution in [3.63, 3.8) is 0 Å². The summed E-state index contributed by atoms with van der Waals surface area (Å²) in [5.41, 5.74) is 7.02. The standard InChI is InChI=1S/C12H17/c1-6-12-10(4)8(2)7-9(3)11(12)5/h7H,1,6H2,2-5H3. The third-order valence-electron chi connectivity index (χ3n) is 2.77. The zero-order valence-corrected chi connectivity index (χ0v) is 8.49. The fourth-order valence-electron chi connectivity index (χ4n) is 1.67. The van der Waals surface area contributed by atoms with Gasteiger partial charge in [0, 0.05) is 0 Å². The number of hydrogen-bond donors (Lipinski definition) is 0. The minimum atomic E-state index is 0.903. The molecule has 12 heavy (non-hydrogen) atoms. The molecule has 0 aliphatic rings. The highest BCUT2D eigenvalue weighted by atomic mass is 14.1. The lowest BCUT2D eigenvalue weighted by Crippen LogP contribution is -1.97. The first kappa shape index (κ1) is 9.31. The predicted octanol–water partition coefficient (Wildman–Crippen LogP) is 3.30. The van der Waals surface area contributed by atoms with Crippen molar-refractivity contribution in [2.75, 3.05) is 0 Å². The Morgan fingerprint density at radius 1 is 1.00 bits per heavy atom. The van der Waals surface area contributed by atoms with Crippen LogP contribution in [0.4, 0.5) is 0 Å². The Balaban J connectivity index is 3.42. The largest absolute Gasteiger partial charge is 0.0558 e. The van der Waals surface area contributed by atoms with Crippen molar-refractivity contribution in [1.82, 2.24) is 0 Å². The molecule has 0 amide bonds. The van der Waals surface area contributed by atoms with Crippen molar-refractivity contribution in [2.45, 2.75) is 34.1 Å². The van der Waals surface area contributed by atoms with Crippen LogP contribution < -0.4 is 0 Å². The van der Waals surface area contributed by atoms with E-state index in [4.69, 9.17) is 0 Å². The van der Waals surface area contributed by atoms with E-state index in [1.807, 2.05) is 0 Å². The fraction of sp³-hybridized carbons (Fsp3) is 0.417. The van der Waals surface area contributed by atoms with Crippen LogP contribution in [0.5, 0.6) is 0 Å². The van der Waals surface area contributed by atoms with Crippen LogP contribution in [0.15, 0.2) is 6.07 Å². The number of benzene rings is 1. The van der Waals surface area contributed by atoms with E-state index in [0.717, 1.165) is 6.42 Å². The zero-order chi connectivity index (χ0) is 9.30. The van der Waals surface area contributed by atoms with Gasteiger partial charge in [0.15, 0.2) is 0 Å². The molecule has 1 radical (unpaired) electrons. The van der Waals surface area contributed by atoms with Gasteiger partial charge in [0.2, 0.25) is 0 Å². The van der Waals surface area contributed by atoms with Crippen molar-refractivity contribution in [3.8, 4) is 0 Å². The van der Waals surface area contributed by atoms with Crippen LogP contribution >= 0.6 is 0 Å². The van der Waals surface area contributed by atoms with Crippen molar-refractivity contribution in [1.29, 1.82) is 0 Å². The van der Waals surface area contributed by atoms with Crippen molar-refractivity contribution >= 4 is 0 Å². The first-order valence-electron chi connectivity index (χ1n) is 4.43. The Morgan fingerprint density at radius 3 is 1.75 bits per heavy atom.